The fourth-order valence-corrected chi connectivity index (χ4v) is 4.11. The second kappa shape index (κ2) is 10.1. The summed E-state index contributed by atoms with van der Waals surface area (Å²) in [7, 11) is 1.40. The highest BCUT2D eigenvalue weighted by Crippen LogP contribution is 2.34. The van der Waals surface area contributed by atoms with Crippen LogP contribution in [-0.4, -0.2) is 55.7 Å². The Morgan fingerprint density at radius 1 is 1.20 bits per heavy atom. The largest absolute Gasteiger partial charge is 0.465 e. The number of carbonyl (C=O) groups excluding carboxylic acids is 1. The zero-order valence-corrected chi connectivity index (χ0v) is 17.9. The van der Waals surface area contributed by atoms with Crippen LogP contribution in [0.15, 0.2) is 36.4 Å². The van der Waals surface area contributed by atoms with Crippen molar-refractivity contribution in [3.05, 3.63) is 53.1 Å². The van der Waals surface area contributed by atoms with E-state index in [-0.39, 0.29) is 12.6 Å². The Labute approximate surface area is 178 Å². The number of benzene rings is 2. The average Bonchev–Trinajstić information content (AvgIpc) is 2.80. The van der Waals surface area contributed by atoms with Gasteiger partial charge in [-0.2, -0.15) is 0 Å². The molecule has 1 heterocycles. The zero-order chi connectivity index (χ0) is 21.7. The molecule has 3 rings (SSSR count). The minimum atomic E-state index is -0.901. The van der Waals surface area contributed by atoms with E-state index in [1.54, 1.807) is 12.1 Å². The third-order valence-electron chi connectivity index (χ3n) is 5.87. The lowest BCUT2D eigenvalue weighted by Gasteiger charge is -2.37. The molecule has 2 aromatic carbocycles. The van der Waals surface area contributed by atoms with Crippen LogP contribution >= 0.6 is 0 Å². The molecule has 0 bridgehead atoms. The summed E-state index contributed by atoms with van der Waals surface area (Å²) in [4.78, 5) is 14.9. The molecular formula is C24H31NO5. The number of ether oxygens (including phenoxy) is 2. The lowest BCUT2D eigenvalue weighted by atomic mass is 9.95. The Morgan fingerprint density at radius 3 is 2.43 bits per heavy atom. The first-order valence-electron chi connectivity index (χ1n) is 10.5. The van der Waals surface area contributed by atoms with Crippen molar-refractivity contribution in [2.75, 3.05) is 38.4 Å². The lowest BCUT2D eigenvalue weighted by molar-refractivity contribution is 0.0599. The molecule has 6 nitrogen and oxygen atoms in total. The molecule has 0 radical (unpaired) electrons. The van der Waals surface area contributed by atoms with Gasteiger partial charge in [-0.1, -0.05) is 24.3 Å². The Kier molecular flexibility index (Phi) is 7.48. The number of carbonyl (C=O) groups is 1. The van der Waals surface area contributed by atoms with Crippen molar-refractivity contribution in [3.63, 3.8) is 0 Å². The van der Waals surface area contributed by atoms with Crippen molar-refractivity contribution in [1.29, 1.82) is 0 Å². The molecule has 1 atom stereocenters. The van der Waals surface area contributed by atoms with Crippen molar-refractivity contribution >= 4 is 11.7 Å². The number of anilines is 1. The lowest BCUT2D eigenvalue weighted by Crippen LogP contribution is -2.40. The van der Waals surface area contributed by atoms with Crippen LogP contribution in [0.4, 0.5) is 5.69 Å². The van der Waals surface area contributed by atoms with Gasteiger partial charge in [-0.3, -0.25) is 0 Å². The summed E-state index contributed by atoms with van der Waals surface area (Å²) in [5.41, 5.74) is 4.98. The maximum atomic E-state index is 12.5. The van der Waals surface area contributed by atoms with Gasteiger partial charge >= 0.3 is 5.97 Å². The van der Waals surface area contributed by atoms with Crippen LogP contribution in [0.2, 0.25) is 0 Å². The summed E-state index contributed by atoms with van der Waals surface area (Å²) >= 11 is 0. The highest BCUT2D eigenvalue weighted by molar-refractivity contribution is 5.95. The van der Waals surface area contributed by atoms with Crippen LogP contribution < -0.4 is 4.90 Å². The number of aliphatic hydroxyl groups is 2. The van der Waals surface area contributed by atoms with Gasteiger partial charge in [0.15, 0.2) is 0 Å². The second-order valence-corrected chi connectivity index (χ2v) is 7.61. The number of hydrogen-bond donors (Lipinski definition) is 2. The van der Waals surface area contributed by atoms with Gasteiger partial charge in [0.25, 0.3) is 0 Å². The standard InChI is InChI=1S/C24H31NO5/c1-4-25(20-9-11-30-12-10-20)22-14-19(13-21(16(22)2)24(28)29-3)17-5-7-18(8-6-17)23(27)15-26/h5-8,13-14,20,23,26-27H,4,9-12,15H2,1-3H3. The number of hydrogen-bond acceptors (Lipinski definition) is 6. The van der Waals surface area contributed by atoms with Crippen molar-refractivity contribution in [3.8, 4) is 11.1 Å². The molecule has 6 heteroatoms. The third kappa shape index (κ3) is 4.67. The number of esters is 1. The second-order valence-electron chi connectivity index (χ2n) is 7.61. The quantitative estimate of drug-likeness (QED) is 0.677. The molecule has 1 fully saturated rings. The molecule has 0 saturated carbocycles. The minimum Gasteiger partial charge on any atom is -0.465 e. The molecule has 2 aromatic rings. The van der Waals surface area contributed by atoms with Gasteiger partial charge in [0.1, 0.15) is 6.10 Å². The van der Waals surface area contributed by atoms with Crippen LogP contribution in [0.5, 0.6) is 0 Å². The van der Waals surface area contributed by atoms with E-state index in [9.17, 15) is 9.90 Å². The Balaban J connectivity index is 2.07. The number of aliphatic hydroxyl groups excluding tert-OH is 2. The molecular weight excluding hydrogens is 382 g/mol. The number of methoxy groups -OCH3 is 1. The first-order valence-corrected chi connectivity index (χ1v) is 10.5. The van der Waals surface area contributed by atoms with E-state index in [0.29, 0.717) is 17.2 Å². The van der Waals surface area contributed by atoms with E-state index < -0.39 is 6.10 Å². The smallest absolute Gasteiger partial charge is 0.338 e. The molecule has 1 aliphatic rings. The Morgan fingerprint density at radius 2 is 1.87 bits per heavy atom. The van der Waals surface area contributed by atoms with Gasteiger partial charge in [0.05, 0.1) is 19.3 Å². The van der Waals surface area contributed by atoms with Gasteiger partial charge in [0.2, 0.25) is 0 Å². The molecule has 0 amide bonds. The fraction of sp³-hybridized carbons (Fsp3) is 0.458. The number of nitrogens with zero attached hydrogens (tertiary/aromatic N) is 1. The van der Waals surface area contributed by atoms with E-state index in [2.05, 4.69) is 17.9 Å². The number of rotatable bonds is 7. The van der Waals surface area contributed by atoms with Gasteiger partial charge in [-0.15, -0.1) is 0 Å². The summed E-state index contributed by atoms with van der Waals surface area (Å²) in [6.45, 7) is 6.10. The molecule has 1 saturated heterocycles. The predicted octanol–water partition coefficient (Wildman–Crippen LogP) is 3.48. The highest BCUT2D eigenvalue weighted by Gasteiger charge is 2.25. The van der Waals surface area contributed by atoms with Gasteiger partial charge in [-0.25, -0.2) is 4.79 Å². The molecule has 1 unspecified atom stereocenters. The van der Waals surface area contributed by atoms with E-state index >= 15 is 0 Å². The normalized spacial score (nSPS) is 15.6. The molecule has 1 aliphatic heterocycles. The van der Waals surface area contributed by atoms with Crippen molar-refractivity contribution in [1.82, 2.24) is 0 Å². The monoisotopic (exact) mass is 413 g/mol. The summed E-state index contributed by atoms with van der Waals surface area (Å²) in [5, 5.41) is 19.0. The molecule has 0 aliphatic carbocycles. The van der Waals surface area contributed by atoms with Crippen LogP contribution in [0.1, 0.15) is 47.4 Å². The van der Waals surface area contributed by atoms with E-state index in [0.717, 1.165) is 55.0 Å². The van der Waals surface area contributed by atoms with Crippen molar-refractivity contribution in [2.45, 2.75) is 38.8 Å². The maximum Gasteiger partial charge on any atom is 0.338 e. The fourth-order valence-electron chi connectivity index (χ4n) is 4.11. The predicted molar refractivity (Wildman–Crippen MR) is 117 cm³/mol. The first-order chi connectivity index (χ1) is 14.5. The molecule has 0 spiro atoms. The van der Waals surface area contributed by atoms with Gasteiger partial charge < -0.3 is 24.6 Å². The van der Waals surface area contributed by atoms with Crippen LogP contribution in [-0.2, 0) is 9.47 Å². The van der Waals surface area contributed by atoms with Gasteiger partial charge in [0, 0.05) is 31.5 Å². The highest BCUT2D eigenvalue weighted by atomic mass is 16.5. The third-order valence-corrected chi connectivity index (χ3v) is 5.87. The van der Waals surface area contributed by atoms with Crippen LogP contribution in [0.25, 0.3) is 11.1 Å². The maximum absolute atomic E-state index is 12.5. The summed E-state index contributed by atoms with van der Waals surface area (Å²) < 4.78 is 10.6. The van der Waals surface area contributed by atoms with Crippen LogP contribution in [0, 0.1) is 6.92 Å². The molecule has 2 N–H and O–H groups in total. The summed E-state index contributed by atoms with van der Waals surface area (Å²) in [6, 6.07) is 11.7. The van der Waals surface area contributed by atoms with E-state index in [1.807, 2.05) is 25.1 Å². The molecule has 0 aromatic heterocycles. The molecule has 30 heavy (non-hydrogen) atoms. The van der Waals surface area contributed by atoms with Crippen LogP contribution in [0.3, 0.4) is 0 Å². The minimum absolute atomic E-state index is 0.322. The summed E-state index contributed by atoms with van der Waals surface area (Å²) in [6.07, 6.45) is 1.01. The molecule has 162 valence electrons. The zero-order valence-electron chi connectivity index (χ0n) is 17.9. The first kappa shape index (κ1) is 22.3. The summed E-state index contributed by atoms with van der Waals surface area (Å²) in [5.74, 6) is -0.356. The SMILES string of the molecule is CCN(c1cc(-c2ccc(C(O)CO)cc2)cc(C(=O)OC)c1C)C1CCOCC1. The Hall–Kier alpha value is -2.41. The Bertz CT molecular complexity index is 859. The van der Waals surface area contributed by atoms with Gasteiger partial charge in [-0.05, 0) is 61.1 Å². The van der Waals surface area contributed by atoms with E-state index in [4.69, 9.17) is 14.6 Å². The van der Waals surface area contributed by atoms with E-state index in [1.165, 1.54) is 7.11 Å². The van der Waals surface area contributed by atoms with Crippen molar-refractivity contribution < 1.29 is 24.5 Å². The topological polar surface area (TPSA) is 79.2 Å². The van der Waals surface area contributed by atoms with Crippen molar-refractivity contribution in [2.24, 2.45) is 0 Å². The average molecular weight is 414 g/mol.